The summed E-state index contributed by atoms with van der Waals surface area (Å²) in [5.74, 6) is 0.806. The minimum atomic E-state index is -0.478. The van der Waals surface area contributed by atoms with Gasteiger partial charge >= 0.3 is 6.03 Å². The number of nitrogens with zero attached hydrogens (tertiary/aromatic N) is 2. The number of carbonyl (C=O) groups excluding carboxylic acids is 1. The number of aromatic nitrogens is 1. The molecule has 190 valence electrons. The molecule has 1 aliphatic carbocycles. The Morgan fingerprint density at radius 1 is 1.03 bits per heavy atom. The molecule has 2 aliphatic rings. The maximum atomic E-state index is 14.4. The molecule has 1 N–H and O–H groups in total. The molecule has 6 nitrogen and oxygen atoms in total. The van der Waals surface area contributed by atoms with Crippen molar-refractivity contribution in [1.29, 1.82) is 0 Å². The highest BCUT2D eigenvalue weighted by Gasteiger charge is 2.36. The molecular formula is C29H28FN3O3S. The van der Waals surface area contributed by atoms with E-state index < -0.39 is 6.04 Å². The minimum Gasteiger partial charge on any atom is -0.497 e. The smallest absolute Gasteiger partial charge is 0.323 e. The van der Waals surface area contributed by atoms with E-state index in [1.165, 1.54) is 34.6 Å². The molecule has 4 aromatic rings. The number of benzene rings is 2. The number of rotatable bonds is 4. The highest BCUT2D eigenvalue weighted by Crippen LogP contribution is 2.44. The van der Waals surface area contributed by atoms with Crippen LogP contribution in [0.3, 0.4) is 0 Å². The first kappa shape index (κ1) is 23.6. The Kier molecular flexibility index (Phi) is 6.12. The third-order valence-corrected chi connectivity index (χ3v) is 8.59. The van der Waals surface area contributed by atoms with Gasteiger partial charge in [-0.25, -0.2) is 9.18 Å². The summed E-state index contributed by atoms with van der Waals surface area (Å²) >= 11 is 1.82. The number of hydrogen-bond donors (Lipinski definition) is 1. The van der Waals surface area contributed by atoms with Crippen LogP contribution in [-0.2, 0) is 19.4 Å². The molecule has 0 radical (unpaired) electrons. The minimum absolute atomic E-state index is 0.283. The monoisotopic (exact) mass is 517 g/mol. The number of halogens is 1. The number of methoxy groups -OCH3 is 2. The normalized spacial score (nSPS) is 16.3. The summed E-state index contributed by atoms with van der Waals surface area (Å²) in [5.41, 5.74) is 4.75. The molecule has 0 fully saturated rings. The molecule has 2 aromatic carbocycles. The molecule has 2 amide bonds. The molecule has 6 rings (SSSR count). The van der Waals surface area contributed by atoms with Crippen LogP contribution in [0, 0.1) is 5.82 Å². The molecule has 0 unspecified atom stereocenters. The quantitative estimate of drug-likeness (QED) is 0.327. The van der Waals surface area contributed by atoms with Gasteiger partial charge in [-0.05, 0) is 73.2 Å². The van der Waals surface area contributed by atoms with Crippen LogP contribution in [0.1, 0.15) is 46.1 Å². The van der Waals surface area contributed by atoms with Crippen LogP contribution >= 0.6 is 11.3 Å². The van der Waals surface area contributed by atoms with Crippen molar-refractivity contribution in [3.8, 4) is 16.5 Å². The van der Waals surface area contributed by atoms with Crippen LogP contribution in [0.4, 0.5) is 14.9 Å². The second-order valence-electron chi connectivity index (χ2n) is 9.38. The summed E-state index contributed by atoms with van der Waals surface area (Å²) in [4.78, 5) is 17.3. The second-order valence-corrected chi connectivity index (χ2v) is 10.5. The lowest BCUT2D eigenvalue weighted by molar-refractivity contribution is 0.194. The molecule has 1 aliphatic heterocycles. The molecule has 3 heterocycles. The lowest BCUT2D eigenvalue weighted by Gasteiger charge is -2.31. The number of carbonyl (C=O) groups is 1. The molecule has 37 heavy (non-hydrogen) atoms. The van der Waals surface area contributed by atoms with E-state index in [1.54, 1.807) is 38.5 Å². The van der Waals surface area contributed by atoms with Gasteiger partial charge in [0.15, 0.2) is 0 Å². The number of nitrogens with one attached hydrogen (secondary N) is 1. The van der Waals surface area contributed by atoms with Gasteiger partial charge < -0.3 is 24.3 Å². The van der Waals surface area contributed by atoms with Crippen molar-refractivity contribution in [3.05, 3.63) is 93.9 Å². The van der Waals surface area contributed by atoms with Gasteiger partial charge in [-0.3, -0.25) is 0 Å². The predicted molar refractivity (Wildman–Crippen MR) is 143 cm³/mol. The van der Waals surface area contributed by atoms with Crippen LogP contribution < -0.4 is 14.8 Å². The summed E-state index contributed by atoms with van der Waals surface area (Å²) in [6.07, 6.45) is 6.49. The van der Waals surface area contributed by atoms with Gasteiger partial charge in [0.05, 0.1) is 38.2 Å². The van der Waals surface area contributed by atoms with E-state index in [1.807, 2.05) is 34.4 Å². The first-order valence-corrected chi connectivity index (χ1v) is 13.2. The van der Waals surface area contributed by atoms with Crippen molar-refractivity contribution in [3.63, 3.8) is 0 Å². The predicted octanol–water partition coefficient (Wildman–Crippen LogP) is 6.71. The van der Waals surface area contributed by atoms with Crippen molar-refractivity contribution in [1.82, 2.24) is 9.47 Å². The summed E-state index contributed by atoms with van der Waals surface area (Å²) in [6, 6.07) is 15.1. The summed E-state index contributed by atoms with van der Waals surface area (Å²) in [5, 5.41) is 4.22. The summed E-state index contributed by atoms with van der Waals surface area (Å²) < 4.78 is 27.5. The number of fused-ring (bicyclic) bond motifs is 5. The number of amides is 2. The topological polar surface area (TPSA) is 55.7 Å². The maximum Gasteiger partial charge on any atom is 0.323 e. The zero-order valence-corrected chi connectivity index (χ0v) is 21.6. The Labute approximate surface area is 219 Å². The first-order chi connectivity index (χ1) is 18.1. The van der Waals surface area contributed by atoms with E-state index >= 15 is 0 Å². The van der Waals surface area contributed by atoms with E-state index in [0.717, 1.165) is 35.5 Å². The number of aryl methyl sites for hydroxylation is 1. The van der Waals surface area contributed by atoms with Gasteiger partial charge in [-0.2, -0.15) is 0 Å². The number of anilines is 1. The van der Waals surface area contributed by atoms with Crippen molar-refractivity contribution in [2.45, 2.75) is 38.3 Å². The number of thiophene rings is 1. The lowest BCUT2D eigenvalue weighted by Crippen LogP contribution is -2.38. The summed E-state index contributed by atoms with van der Waals surface area (Å²) in [7, 11) is 3.14. The Bertz CT molecular complexity index is 1480. The van der Waals surface area contributed by atoms with Gasteiger partial charge in [0.25, 0.3) is 0 Å². The van der Waals surface area contributed by atoms with Gasteiger partial charge in [0, 0.05) is 22.7 Å². The van der Waals surface area contributed by atoms with Crippen LogP contribution in [0.15, 0.2) is 60.8 Å². The van der Waals surface area contributed by atoms with Crippen LogP contribution in [0.5, 0.6) is 11.5 Å². The zero-order valence-electron chi connectivity index (χ0n) is 20.8. The summed E-state index contributed by atoms with van der Waals surface area (Å²) in [6.45, 7) is 0.425. The maximum absolute atomic E-state index is 14.4. The van der Waals surface area contributed by atoms with Gasteiger partial charge in [-0.1, -0.05) is 12.1 Å². The fraction of sp³-hybridized carbons (Fsp3) is 0.276. The van der Waals surface area contributed by atoms with Crippen molar-refractivity contribution >= 4 is 23.1 Å². The van der Waals surface area contributed by atoms with Crippen LogP contribution in [0.2, 0.25) is 0 Å². The zero-order chi connectivity index (χ0) is 25.5. The van der Waals surface area contributed by atoms with Gasteiger partial charge in [-0.15, -0.1) is 11.3 Å². The Morgan fingerprint density at radius 2 is 1.89 bits per heavy atom. The highest BCUT2D eigenvalue weighted by molar-refractivity contribution is 7.15. The Balaban J connectivity index is 1.48. The van der Waals surface area contributed by atoms with E-state index in [2.05, 4.69) is 16.1 Å². The van der Waals surface area contributed by atoms with E-state index in [4.69, 9.17) is 9.47 Å². The fourth-order valence-corrected chi connectivity index (χ4v) is 6.91. The van der Waals surface area contributed by atoms with Gasteiger partial charge in [0.1, 0.15) is 22.3 Å². The standard InChI is InChI=1S/C29H28FN3O3S/c1-35-20-12-13-23(25(16-20)36-2)31-29(34)33-17-22-21-9-3-4-11-26(21)37-28(22)32-14-6-10-24(32)27(33)18-7-5-8-19(30)15-18/h5-8,10,12-16,27H,3-4,9,11,17H2,1-2H3,(H,31,34)/t27-/m0/s1. The van der Waals surface area contributed by atoms with Gasteiger partial charge in [0.2, 0.25) is 0 Å². The van der Waals surface area contributed by atoms with Crippen molar-refractivity contribution in [2.24, 2.45) is 0 Å². The van der Waals surface area contributed by atoms with Crippen LogP contribution in [0.25, 0.3) is 5.00 Å². The van der Waals surface area contributed by atoms with Crippen molar-refractivity contribution in [2.75, 3.05) is 19.5 Å². The average Bonchev–Trinajstić information content (AvgIpc) is 3.50. The fourth-order valence-electron chi connectivity index (χ4n) is 5.50. The number of urea groups is 1. The molecule has 0 saturated carbocycles. The lowest BCUT2D eigenvalue weighted by atomic mass is 9.95. The number of hydrogen-bond acceptors (Lipinski definition) is 4. The van der Waals surface area contributed by atoms with E-state index in [-0.39, 0.29) is 11.8 Å². The molecule has 1 atom stereocenters. The number of ether oxygens (including phenoxy) is 2. The van der Waals surface area contributed by atoms with E-state index in [9.17, 15) is 9.18 Å². The van der Waals surface area contributed by atoms with Crippen LogP contribution in [-0.4, -0.2) is 29.7 Å². The molecular weight excluding hydrogens is 489 g/mol. The molecule has 0 saturated heterocycles. The molecule has 2 aromatic heterocycles. The first-order valence-electron chi connectivity index (χ1n) is 12.4. The SMILES string of the molecule is COc1ccc(NC(=O)N2Cc3c(sc4c3CCCC4)-n3cccc3[C@@H]2c2cccc(F)c2)c(OC)c1. The third-order valence-electron chi connectivity index (χ3n) is 7.25. The highest BCUT2D eigenvalue weighted by atomic mass is 32.1. The third kappa shape index (κ3) is 4.15. The second kappa shape index (κ2) is 9.59. The molecule has 0 spiro atoms. The van der Waals surface area contributed by atoms with Crippen molar-refractivity contribution < 1.29 is 18.7 Å². The van der Waals surface area contributed by atoms with E-state index in [0.29, 0.717) is 23.7 Å². The Morgan fingerprint density at radius 3 is 2.70 bits per heavy atom. The Hall–Kier alpha value is -3.78. The molecule has 8 heteroatoms. The average molecular weight is 518 g/mol. The molecule has 0 bridgehead atoms. The largest absolute Gasteiger partial charge is 0.497 e.